The topological polar surface area (TPSA) is 112 Å². The molecule has 0 saturated heterocycles. The van der Waals surface area contributed by atoms with Gasteiger partial charge in [-0.1, -0.05) is 29.8 Å². The first-order valence-electron chi connectivity index (χ1n) is 11.9. The molecule has 2 aromatic carbocycles. The van der Waals surface area contributed by atoms with Crippen molar-refractivity contribution in [1.29, 1.82) is 0 Å². The van der Waals surface area contributed by atoms with E-state index in [9.17, 15) is 0 Å². The van der Waals surface area contributed by atoms with Gasteiger partial charge >= 0.3 is 0 Å². The molecule has 3 aromatic heterocycles. The Labute approximate surface area is 214 Å². The molecule has 10 heteroatoms. The first kappa shape index (κ1) is 24.3. The molecule has 0 spiro atoms. The molecular weight excluding hydrogens is 470 g/mol. The van der Waals surface area contributed by atoms with E-state index >= 15 is 0 Å². The van der Waals surface area contributed by atoms with Crippen molar-refractivity contribution in [3.8, 4) is 23.1 Å². The third kappa shape index (κ3) is 5.24. The van der Waals surface area contributed by atoms with Crippen molar-refractivity contribution >= 4 is 11.6 Å². The van der Waals surface area contributed by atoms with Gasteiger partial charge in [0.1, 0.15) is 23.5 Å². The molecule has 0 amide bonds. The molecular formula is C27H29N7O3. The fraction of sp³-hybridized carbons (Fsp3) is 0.259. The smallest absolute Gasteiger partial charge is 0.245 e. The van der Waals surface area contributed by atoms with Gasteiger partial charge < -0.3 is 24.5 Å². The summed E-state index contributed by atoms with van der Waals surface area (Å²) in [4.78, 5) is 13.9. The normalized spacial score (nSPS) is 11.1. The molecule has 0 aliphatic carbocycles. The Bertz CT molecular complexity index is 1500. The predicted molar refractivity (Wildman–Crippen MR) is 140 cm³/mol. The average molecular weight is 500 g/mol. The Morgan fingerprint density at radius 3 is 2.51 bits per heavy atom. The zero-order chi connectivity index (χ0) is 25.8. The number of methoxy groups -OCH3 is 2. The summed E-state index contributed by atoms with van der Waals surface area (Å²) in [5, 5.41) is 11.5. The zero-order valence-corrected chi connectivity index (χ0v) is 21.3. The third-order valence-corrected chi connectivity index (χ3v) is 6.06. The van der Waals surface area contributed by atoms with E-state index in [2.05, 4.69) is 46.8 Å². The number of rotatable bonds is 10. The maximum atomic E-state index is 5.55. The lowest BCUT2D eigenvalue weighted by atomic mass is 10.1. The van der Waals surface area contributed by atoms with Gasteiger partial charge in [-0.15, -0.1) is 5.10 Å². The minimum absolute atomic E-state index is 0.423. The summed E-state index contributed by atoms with van der Waals surface area (Å²) in [5.41, 5.74) is 5.49. The standard InChI is InChI=1S/C27H29N7O3/c1-17-5-7-19(8-6-17)14-28-16-23-31-25-18(2)24(26-29-11-12-37-26)32-27(34(25)33-23)30-15-20-9-10-21(35-3)13-22(20)36-4/h5-13,28H,14-16H2,1-4H3,(H,30,32). The van der Waals surface area contributed by atoms with Crippen LogP contribution in [0.2, 0.25) is 0 Å². The number of hydrogen-bond acceptors (Lipinski definition) is 9. The summed E-state index contributed by atoms with van der Waals surface area (Å²) in [6.45, 7) is 5.70. The van der Waals surface area contributed by atoms with E-state index in [-0.39, 0.29) is 0 Å². The highest BCUT2D eigenvalue weighted by molar-refractivity contribution is 5.66. The molecule has 5 rings (SSSR count). The fourth-order valence-corrected chi connectivity index (χ4v) is 4.02. The number of hydrogen-bond donors (Lipinski definition) is 2. The van der Waals surface area contributed by atoms with Gasteiger partial charge in [0.25, 0.3) is 0 Å². The molecule has 0 unspecified atom stereocenters. The van der Waals surface area contributed by atoms with Crippen LogP contribution in [0.15, 0.2) is 59.3 Å². The zero-order valence-electron chi connectivity index (χ0n) is 21.3. The van der Waals surface area contributed by atoms with Gasteiger partial charge in [0.15, 0.2) is 11.5 Å². The predicted octanol–water partition coefficient (Wildman–Crippen LogP) is 4.32. The largest absolute Gasteiger partial charge is 0.497 e. The van der Waals surface area contributed by atoms with E-state index < -0.39 is 0 Å². The third-order valence-electron chi connectivity index (χ3n) is 6.06. The van der Waals surface area contributed by atoms with Crippen LogP contribution < -0.4 is 20.1 Å². The molecule has 0 radical (unpaired) electrons. The van der Waals surface area contributed by atoms with Crippen LogP contribution in [-0.4, -0.2) is 38.8 Å². The molecule has 0 aliphatic heterocycles. The molecule has 0 atom stereocenters. The minimum atomic E-state index is 0.423. The molecule has 10 nitrogen and oxygen atoms in total. The lowest BCUT2D eigenvalue weighted by Gasteiger charge is -2.13. The van der Waals surface area contributed by atoms with Crippen molar-refractivity contribution in [2.45, 2.75) is 33.5 Å². The van der Waals surface area contributed by atoms with E-state index in [4.69, 9.17) is 29.0 Å². The van der Waals surface area contributed by atoms with Crippen molar-refractivity contribution < 1.29 is 13.9 Å². The number of aryl methyl sites for hydroxylation is 2. The maximum Gasteiger partial charge on any atom is 0.245 e. The van der Waals surface area contributed by atoms with Gasteiger partial charge in [-0.3, -0.25) is 0 Å². The number of nitrogens with one attached hydrogen (secondary N) is 2. The van der Waals surface area contributed by atoms with E-state index in [1.807, 2.05) is 25.1 Å². The van der Waals surface area contributed by atoms with Crippen LogP contribution in [0.4, 0.5) is 5.95 Å². The summed E-state index contributed by atoms with van der Waals surface area (Å²) in [6.07, 6.45) is 3.13. The monoisotopic (exact) mass is 499 g/mol. The summed E-state index contributed by atoms with van der Waals surface area (Å²) in [5.74, 6) is 3.03. The first-order chi connectivity index (χ1) is 18.1. The van der Waals surface area contributed by atoms with Crippen LogP contribution in [0.5, 0.6) is 11.5 Å². The quantitative estimate of drug-likeness (QED) is 0.290. The summed E-state index contributed by atoms with van der Waals surface area (Å²) < 4.78 is 18.1. The van der Waals surface area contributed by atoms with Gasteiger partial charge in [-0.25, -0.2) is 15.0 Å². The number of benzene rings is 2. The minimum Gasteiger partial charge on any atom is -0.497 e. The Morgan fingerprint density at radius 2 is 1.78 bits per heavy atom. The van der Waals surface area contributed by atoms with E-state index in [0.717, 1.165) is 23.4 Å². The van der Waals surface area contributed by atoms with Crippen LogP contribution in [0, 0.1) is 13.8 Å². The van der Waals surface area contributed by atoms with Gasteiger partial charge in [0, 0.05) is 30.3 Å². The van der Waals surface area contributed by atoms with Gasteiger partial charge in [0.2, 0.25) is 11.8 Å². The Hall–Kier alpha value is -4.44. The van der Waals surface area contributed by atoms with Crippen molar-refractivity contribution in [2.24, 2.45) is 0 Å². The van der Waals surface area contributed by atoms with Crippen molar-refractivity contribution in [1.82, 2.24) is 29.9 Å². The number of ether oxygens (including phenoxy) is 2. The molecule has 190 valence electrons. The average Bonchev–Trinajstić information content (AvgIpc) is 3.60. The van der Waals surface area contributed by atoms with E-state index in [0.29, 0.717) is 47.8 Å². The lowest BCUT2D eigenvalue weighted by Crippen LogP contribution is -2.14. The van der Waals surface area contributed by atoms with Gasteiger partial charge in [-0.05, 0) is 31.5 Å². The molecule has 0 fully saturated rings. The number of aromatic nitrogens is 5. The fourth-order valence-electron chi connectivity index (χ4n) is 4.02. The Balaban J connectivity index is 1.43. The van der Waals surface area contributed by atoms with E-state index in [1.165, 1.54) is 17.4 Å². The molecule has 0 bridgehead atoms. The summed E-state index contributed by atoms with van der Waals surface area (Å²) in [6, 6.07) is 14.1. The second-order valence-electron chi connectivity index (χ2n) is 8.63. The van der Waals surface area contributed by atoms with Crippen LogP contribution in [0.25, 0.3) is 17.2 Å². The molecule has 0 saturated carbocycles. The second-order valence-corrected chi connectivity index (χ2v) is 8.63. The Kier molecular flexibility index (Phi) is 7.00. The molecule has 0 aliphatic rings. The molecule has 2 N–H and O–H groups in total. The van der Waals surface area contributed by atoms with Crippen molar-refractivity contribution in [3.63, 3.8) is 0 Å². The van der Waals surface area contributed by atoms with Crippen LogP contribution in [0.1, 0.15) is 28.1 Å². The lowest BCUT2D eigenvalue weighted by molar-refractivity contribution is 0.391. The molecule has 37 heavy (non-hydrogen) atoms. The SMILES string of the molecule is COc1ccc(CNc2nc(-c3ncco3)c(C)c3nc(CNCc4ccc(C)cc4)nn23)c(OC)c1. The number of oxazole rings is 1. The van der Waals surface area contributed by atoms with Crippen LogP contribution in [0.3, 0.4) is 0 Å². The maximum absolute atomic E-state index is 5.55. The van der Waals surface area contributed by atoms with Crippen molar-refractivity contribution in [2.75, 3.05) is 19.5 Å². The second kappa shape index (κ2) is 10.7. The Morgan fingerprint density at radius 1 is 0.946 bits per heavy atom. The molecule has 5 aromatic rings. The van der Waals surface area contributed by atoms with Crippen molar-refractivity contribution in [3.05, 3.63) is 83.0 Å². The summed E-state index contributed by atoms with van der Waals surface area (Å²) >= 11 is 0. The highest BCUT2D eigenvalue weighted by Crippen LogP contribution is 2.28. The molecule has 3 heterocycles. The summed E-state index contributed by atoms with van der Waals surface area (Å²) in [7, 11) is 3.26. The highest BCUT2D eigenvalue weighted by atomic mass is 16.5. The van der Waals surface area contributed by atoms with E-state index in [1.54, 1.807) is 24.9 Å². The van der Waals surface area contributed by atoms with Crippen LogP contribution in [-0.2, 0) is 19.6 Å². The van der Waals surface area contributed by atoms with Gasteiger partial charge in [-0.2, -0.15) is 4.52 Å². The number of anilines is 1. The van der Waals surface area contributed by atoms with Crippen LogP contribution >= 0.6 is 0 Å². The number of fused-ring (bicyclic) bond motifs is 1. The first-order valence-corrected chi connectivity index (χ1v) is 11.9. The number of nitrogens with zero attached hydrogens (tertiary/aromatic N) is 5. The van der Waals surface area contributed by atoms with Gasteiger partial charge in [0.05, 0.1) is 27.0 Å². The highest BCUT2D eigenvalue weighted by Gasteiger charge is 2.19.